The van der Waals surface area contributed by atoms with Crippen molar-refractivity contribution in [1.82, 2.24) is 5.32 Å². The van der Waals surface area contributed by atoms with E-state index in [1.54, 1.807) is 0 Å². The summed E-state index contributed by atoms with van der Waals surface area (Å²) in [5, 5.41) is 45.4. The molecular formula is C69H137NO11S. The first kappa shape index (κ1) is 79.1. The molecule has 0 aromatic carbocycles. The minimum atomic E-state index is -5.08. The van der Waals surface area contributed by atoms with Crippen LogP contribution in [-0.2, 0) is 28.9 Å². The van der Waals surface area contributed by atoms with Crippen LogP contribution in [0.15, 0.2) is 0 Å². The van der Waals surface area contributed by atoms with Crippen molar-refractivity contribution in [2.75, 3.05) is 13.2 Å². The van der Waals surface area contributed by atoms with Crippen molar-refractivity contribution < 1.29 is 51.8 Å². The van der Waals surface area contributed by atoms with Crippen molar-refractivity contribution in [2.45, 2.75) is 423 Å². The Morgan fingerprint density at radius 2 is 0.707 bits per heavy atom. The van der Waals surface area contributed by atoms with E-state index >= 15 is 0 Å². The van der Waals surface area contributed by atoms with Crippen LogP contribution >= 0.6 is 0 Å². The third kappa shape index (κ3) is 50.1. The Kier molecular flexibility index (Phi) is 57.0. The molecule has 82 heavy (non-hydrogen) atoms. The fraction of sp³-hybridized carbons (Fsp3) is 0.986. The number of aliphatic hydroxyl groups excluding tert-OH is 4. The second kappa shape index (κ2) is 59.1. The first-order chi connectivity index (χ1) is 40.0. The highest BCUT2D eigenvalue weighted by molar-refractivity contribution is 7.80. The number of hydrogen-bond donors (Lipinski definition) is 6. The number of rotatable bonds is 65. The van der Waals surface area contributed by atoms with E-state index in [4.69, 9.17) is 9.47 Å². The van der Waals surface area contributed by atoms with Crippen LogP contribution in [-0.4, -0.2) is 95.4 Å². The van der Waals surface area contributed by atoms with Gasteiger partial charge in [-0.15, -0.1) is 0 Å². The van der Waals surface area contributed by atoms with Gasteiger partial charge in [0.05, 0.1) is 25.4 Å². The van der Waals surface area contributed by atoms with Gasteiger partial charge in [0.1, 0.15) is 24.4 Å². The summed E-state index contributed by atoms with van der Waals surface area (Å²) in [6, 6.07) is -0.855. The number of unbranched alkanes of at least 4 members (excludes halogenated alkanes) is 53. The van der Waals surface area contributed by atoms with E-state index in [-0.39, 0.29) is 12.5 Å². The summed E-state index contributed by atoms with van der Waals surface area (Å²) in [5.74, 6) is -0.218. The van der Waals surface area contributed by atoms with Crippen LogP contribution in [0.2, 0.25) is 0 Å². The zero-order chi connectivity index (χ0) is 59.7. The summed E-state index contributed by atoms with van der Waals surface area (Å²) in [4.78, 5) is 13.2. The van der Waals surface area contributed by atoms with Crippen molar-refractivity contribution in [3.05, 3.63) is 0 Å². The largest absolute Gasteiger partial charge is 0.397 e. The Morgan fingerprint density at radius 1 is 0.439 bits per heavy atom. The normalized spacial score (nSPS) is 18.4. The quantitative estimate of drug-likeness (QED) is 0.0251. The fourth-order valence-electron chi connectivity index (χ4n) is 12.2. The topological polar surface area (TPSA) is 192 Å². The molecule has 490 valence electrons. The lowest BCUT2D eigenvalue weighted by molar-refractivity contribution is -0.298. The Balaban J connectivity index is 2.21. The molecule has 0 spiro atoms. The molecule has 7 unspecified atom stereocenters. The van der Waals surface area contributed by atoms with Gasteiger partial charge in [0, 0.05) is 6.42 Å². The average molecular weight is 1190 g/mol. The van der Waals surface area contributed by atoms with Crippen LogP contribution in [0.3, 0.4) is 0 Å². The van der Waals surface area contributed by atoms with Gasteiger partial charge in [0.15, 0.2) is 6.29 Å². The van der Waals surface area contributed by atoms with Gasteiger partial charge in [0.2, 0.25) is 5.91 Å². The maximum atomic E-state index is 13.2. The predicted octanol–water partition coefficient (Wildman–Crippen LogP) is 18.8. The number of hydrogen-bond acceptors (Lipinski definition) is 10. The molecule has 1 aliphatic rings. The van der Waals surface area contributed by atoms with E-state index in [9.17, 15) is 38.2 Å². The zero-order valence-electron chi connectivity index (χ0n) is 53.9. The highest BCUT2D eigenvalue weighted by atomic mass is 32.3. The SMILES string of the molecule is CCCCCCCCCCCCCCCCCCCCCCCCCCCCCCCCC(=O)NC(COC1OC(CO)C(O)C(OS(=O)(=O)O)C1O)C(O)CCCCCCCCCCCCCCCCCCCCCCCCCCC. The van der Waals surface area contributed by atoms with Crippen LogP contribution in [0.1, 0.15) is 380 Å². The molecule has 13 heteroatoms. The number of amides is 1. The lowest BCUT2D eigenvalue weighted by atomic mass is 9.99. The van der Waals surface area contributed by atoms with E-state index in [0.29, 0.717) is 12.8 Å². The average Bonchev–Trinajstić information content (AvgIpc) is 3.60. The van der Waals surface area contributed by atoms with Gasteiger partial charge in [-0.1, -0.05) is 361 Å². The van der Waals surface area contributed by atoms with Crippen LogP contribution in [0.5, 0.6) is 0 Å². The van der Waals surface area contributed by atoms with E-state index in [2.05, 4.69) is 23.3 Å². The van der Waals surface area contributed by atoms with Crippen LogP contribution < -0.4 is 5.32 Å². The molecule has 0 radical (unpaired) electrons. The summed E-state index contributed by atoms with van der Waals surface area (Å²) >= 11 is 0. The van der Waals surface area contributed by atoms with Gasteiger partial charge in [-0.3, -0.25) is 9.35 Å². The third-order valence-corrected chi connectivity index (χ3v) is 18.1. The lowest BCUT2D eigenvalue weighted by Gasteiger charge is -2.41. The van der Waals surface area contributed by atoms with Crippen LogP contribution in [0, 0.1) is 0 Å². The van der Waals surface area contributed by atoms with Crippen molar-refractivity contribution in [1.29, 1.82) is 0 Å². The van der Waals surface area contributed by atoms with Crippen LogP contribution in [0.25, 0.3) is 0 Å². The lowest BCUT2D eigenvalue weighted by Crippen LogP contribution is -2.61. The Bertz CT molecular complexity index is 1440. The first-order valence-corrected chi connectivity index (χ1v) is 37.3. The molecule has 12 nitrogen and oxygen atoms in total. The van der Waals surface area contributed by atoms with Gasteiger partial charge in [-0.25, -0.2) is 4.18 Å². The van der Waals surface area contributed by atoms with Gasteiger partial charge >= 0.3 is 10.4 Å². The molecule has 1 fully saturated rings. The van der Waals surface area contributed by atoms with E-state index < -0.39 is 59.9 Å². The van der Waals surface area contributed by atoms with Crippen molar-refractivity contribution >= 4 is 16.3 Å². The second-order valence-electron chi connectivity index (χ2n) is 25.5. The number of aliphatic hydroxyl groups is 4. The summed E-state index contributed by atoms with van der Waals surface area (Å²) in [6.45, 7) is 3.54. The molecule has 0 aliphatic carbocycles. The Hall–Kier alpha value is -0.900. The number of carbonyl (C=O) groups excluding carboxylic acids is 1. The minimum absolute atomic E-state index is 0.218. The van der Waals surface area contributed by atoms with E-state index in [1.165, 1.54) is 302 Å². The Labute approximate surface area is 507 Å². The van der Waals surface area contributed by atoms with Crippen molar-refractivity contribution in [3.8, 4) is 0 Å². The zero-order valence-corrected chi connectivity index (χ0v) is 54.7. The molecule has 1 rings (SSSR count). The third-order valence-electron chi connectivity index (χ3n) is 17.7. The number of nitrogens with one attached hydrogen (secondary N) is 1. The van der Waals surface area contributed by atoms with Crippen LogP contribution in [0.4, 0.5) is 0 Å². The molecule has 0 aromatic heterocycles. The molecule has 0 bridgehead atoms. The first-order valence-electron chi connectivity index (χ1n) is 35.9. The van der Waals surface area contributed by atoms with Gasteiger partial charge < -0.3 is 35.2 Å². The second-order valence-corrected chi connectivity index (χ2v) is 26.6. The molecule has 0 aromatic rings. The highest BCUT2D eigenvalue weighted by Gasteiger charge is 2.48. The summed E-state index contributed by atoms with van der Waals surface area (Å²) in [7, 11) is -5.08. The summed E-state index contributed by atoms with van der Waals surface area (Å²) in [5.41, 5.74) is 0. The molecule has 1 aliphatic heterocycles. The van der Waals surface area contributed by atoms with Gasteiger partial charge in [0.25, 0.3) is 0 Å². The maximum absolute atomic E-state index is 13.2. The smallest absolute Gasteiger partial charge is 0.394 e. The minimum Gasteiger partial charge on any atom is -0.394 e. The van der Waals surface area contributed by atoms with Crippen molar-refractivity contribution in [2.24, 2.45) is 0 Å². The molecule has 1 heterocycles. The van der Waals surface area contributed by atoms with Gasteiger partial charge in [-0.05, 0) is 12.8 Å². The summed E-state index contributed by atoms with van der Waals surface area (Å²) < 4.78 is 48.2. The molecule has 6 N–H and O–H groups in total. The molecule has 1 amide bonds. The molecule has 1 saturated heterocycles. The molecule has 7 atom stereocenters. The van der Waals surface area contributed by atoms with Crippen molar-refractivity contribution in [3.63, 3.8) is 0 Å². The summed E-state index contributed by atoms with van der Waals surface area (Å²) in [6.07, 6.45) is 64.3. The van der Waals surface area contributed by atoms with E-state index in [1.807, 2.05) is 0 Å². The molecule has 0 saturated carbocycles. The fourth-order valence-corrected chi connectivity index (χ4v) is 12.7. The van der Waals surface area contributed by atoms with Gasteiger partial charge in [-0.2, -0.15) is 8.42 Å². The van der Waals surface area contributed by atoms with E-state index in [0.717, 1.165) is 51.4 Å². The monoisotopic (exact) mass is 1190 g/mol. The number of carbonyl (C=O) groups is 1. The Morgan fingerprint density at radius 3 is 0.976 bits per heavy atom. The maximum Gasteiger partial charge on any atom is 0.397 e. The predicted molar refractivity (Wildman–Crippen MR) is 343 cm³/mol. The highest BCUT2D eigenvalue weighted by Crippen LogP contribution is 2.27. The molecular weight excluding hydrogens is 1050 g/mol. The number of ether oxygens (including phenoxy) is 2. The standard InChI is InChI=1S/C69H137NO11S/c1-3-5-7-9-11-13-15-17-19-21-23-25-27-29-30-31-32-33-35-37-39-41-43-45-47-49-51-53-55-57-59-65(73)70-62(61-79-69-67(75)68(81-82(76,77)78)66(74)64(60-71)80-69)63(72)58-56-54-52-50-48-46-44-42-40-38-36-34-28-26-24-22-20-18-16-14-12-10-8-6-4-2/h62-64,66-69,71-72,74-75H,3-61H2,1-2H3,(H,70,73)(H,76,77,78).